The molecular weight excluding hydrogens is 332 g/mol. The molecule has 3 heteroatoms. The summed E-state index contributed by atoms with van der Waals surface area (Å²) in [5, 5.41) is 18.2. The summed E-state index contributed by atoms with van der Waals surface area (Å²) in [5.41, 5.74) is 4.57. The zero-order valence-electron chi connectivity index (χ0n) is 14.9. The van der Waals surface area contributed by atoms with Gasteiger partial charge in [-0.3, -0.25) is 4.99 Å². The summed E-state index contributed by atoms with van der Waals surface area (Å²) < 4.78 is 0. The predicted octanol–water partition coefficient (Wildman–Crippen LogP) is 5.16. The molecule has 0 aromatic heterocycles. The van der Waals surface area contributed by atoms with E-state index in [2.05, 4.69) is 41.7 Å². The van der Waals surface area contributed by atoms with Gasteiger partial charge in [-0.05, 0) is 23.4 Å². The van der Waals surface area contributed by atoms with Crippen molar-refractivity contribution in [1.29, 1.82) is 0 Å². The van der Waals surface area contributed by atoms with Gasteiger partial charge in [-0.25, -0.2) is 0 Å². The fourth-order valence-corrected chi connectivity index (χ4v) is 4.02. The maximum absolute atomic E-state index is 10.8. The minimum atomic E-state index is 0.346. The Kier molecular flexibility index (Phi) is 3.79. The van der Waals surface area contributed by atoms with Crippen LogP contribution in [-0.4, -0.2) is 23.9 Å². The number of anilines is 1. The van der Waals surface area contributed by atoms with Crippen LogP contribution in [0.5, 0.6) is 5.75 Å². The van der Waals surface area contributed by atoms with Crippen LogP contribution in [0.3, 0.4) is 0 Å². The van der Waals surface area contributed by atoms with Crippen molar-refractivity contribution in [3.05, 3.63) is 83.9 Å². The molecule has 0 radical (unpaired) electrons. The van der Waals surface area contributed by atoms with E-state index in [0.29, 0.717) is 12.3 Å². The number of nitrogens with zero attached hydrogens (tertiary/aromatic N) is 1. The minimum Gasteiger partial charge on any atom is -0.507 e. The van der Waals surface area contributed by atoms with Gasteiger partial charge >= 0.3 is 0 Å². The molecule has 0 aliphatic carbocycles. The van der Waals surface area contributed by atoms with Gasteiger partial charge < -0.3 is 10.4 Å². The molecule has 4 aromatic rings. The Labute approximate surface area is 158 Å². The number of aliphatic imine (C=N–C) groups is 1. The zero-order chi connectivity index (χ0) is 18.2. The number of hydrogen-bond donors (Lipinski definition) is 2. The molecule has 132 valence electrons. The van der Waals surface area contributed by atoms with Crippen LogP contribution >= 0.6 is 0 Å². The van der Waals surface area contributed by atoms with E-state index in [0.717, 1.165) is 51.5 Å². The lowest BCUT2D eigenvalue weighted by Crippen LogP contribution is -2.22. The van der Waals surface area contributed by atoms with Crippen molar-refractivity contribution in [1.82, 2.24) is 0 Å². The molecule has 0 unspecified atom stereocenters. The summed E-state index contributed by atoms with van der Waals surface area (Å²) in [6.07, 6.45) is 0.922. The first-order valence-corrected chi connectivity index (χ1v) is 9.31. The topological polar surface area (TPSA) is 44.6 Å². The Morgan fingerprint density at radius 2 is 1.56 bits per heavy atom. The first kappa shape index (κ1) is 15.9. The molecule has 0 amide bonds. The average Bonchev–Trinajstić information content (AvgIpc) is 2.73. The Morgan fingerprint density at radius 1 is 0.815 bits per heavy atom. The van der Waals surface area contributed by atoms with E-state index in [9.17, 15) is 5.11 Å². The van der Waals surface area contributed by atoms with Crippen LogP contribution in [0.2, 0.25) is 0 Å². The van der Waals surface area contributed by atoms with Gasteiger partial charge in [0.15, 0.2) is 0 Å². The van der Waals surface area contributed by atoms with Crippen molar-refractivity contribution in [2.24, 2.45) is 4.99 Å². The van der Waals surface area contributed by atoms with Crippen LogP contribution in [0, 0.1) is 0 Å². The highest BCUT2D eigenvalue weighted by Gasteiger charge is 2.22. The molecular formula is C24H20N2O. The SMILES string of the molecule is Oc1c2ccccc2c2c3c(cccc13)NCC2=NCCc1ccccc1. The molecule has 0 saturated heterocycles. The molecule has 2 N–H and O–H groups in total. The van der Waals surface area contributed by atoms with Crippen molar-refractivity contribution in [3.8, 4) is 5.75 Å². The standard InChI is InChI=1S/C24H20N2O/c27-24-18-10-5-4-9-17(18)22-21(25-14-13-16-7-2-1-3-8-16)15-26-20-12-6-11-19(24)23(20)22/h1-12,26-27H,13-15H2. The van der Waals surface area contributed by atoms with E-state index in [1.165, 1.54) is 5.56 Å². The molecule has 1 aliphatic rings. The molecule has 1 heterocycles. The van der Waals surface area contributed by atoms with Crippen LogP contribution in [0.25, 0.3) is 21.5 Å². The molecule has 0 spiro atoms. The Morgan fingerprint density at radius 3 is 2.41 bits per heavy atom. The fraction of sp³-hybridized carbons (Fsp3) is 0.125. The molecule has 1 aliphatic heterocycles. The van der Waals surface area contributed by atoms with E-state index in [4.69, 9.17) is 4.99 Å². The molecule has 0 saturated carbocycles. The minimum absolute atomic E-state index is 0.346. The Balaban J connectivity index is 1.67. The second-order valence-corrected chi connectivity index (χ2v) is 6.91. The van der Waals surface area contributed by atoms with E-state index in [-0.39, 0.29) is 0 Å². The number of phenols is 1. The van der Waals surface area contributed by atoms with Gasteiger partial charge in [-0.15, -0.1) is 0 Å². The largest absolute Gasteiger partial charge is 0.507 e. The van der Waals surface area contributed by atoms with Crippen molar-refractivity contribution in [3.63, 3.8) is 0 Å². The number of rotatable bonds is 3. The number of phenolic OH excluding ortho intramolecular Hbond substituents is 1. The number of fused-ring (bicyclic) bond motifs is 2. The van der Waals surface area contributed by atoms with Crippen LogP contribution in [0.4, 0.5) is 5.69 Å². The van der Waals surface area contributed by atoms with Crippen molar-refractivity contribution >= 4 is 32.9 Å². The van der Waals surface area contributed by atoms with E-state index >= 15 is 0 Å². The first-order valence-electron chi connectivity index (χ1n) is 9.31. The summed E-state index contributed by atoms with van der Waals surface area (Å²) in [5.74, 6) is 0.346. The van der Waals surface area contributed by atoms with Crippen LogP contribution in [0.1, 0.15) is 11.1 Å². The third kappa shape index (κ3) is 2.63. The quantitative estimate of drug-likeness (QED) is 0.501. The number of nitrogens with one attached hydrogen (secondary N) is 1. The van der Waals surface area contributed by atoms with Gasteiger partial charge in [0.2, 0.25) is 0 Å². The number of benzene rings is 4. The highest BCUT2D eigenvalue weighted by Crippen LogP contribution is 2.42. The smallest absolute Gasteiger partial charge is 0.131 e. The van der Waals surface area contributed by atoms with E-state index in [1.807, 2.05) is 36.4 Å². The first-order chi connectivity index (χ1) is 13.3. The third-order valence-electron chi connectivity index (χ3n) is 5.30. The van der Waals surface area contributed by atoms with Gasteiger partial charge in [-0.2, -0.15) is 0 Å². The molecule has 0 fully saturated rings. The normalized spacial score (nSPS) is 14.6. The molecule has 3 nitrogen and oxygen atoms in total. The maximum atomic E-state index is 10.8. The molecule has 27 heavy (non-hydrogen) atoms. The van der Waals surface area contributed by atoms with E-state index in [1.54, 1.807) is 0 Å². The van der Waals surface area contributed by atoms with Gasteiger partial charge in [-0.1, -0.05) is 66.7 Å². The second-order valence-electron chi connectivity index (χ2n) is 6.91. The van der Waals surface area contributed by atoms with Gasteiger partial charge in [0.05, 0.1) is 12.3 Å². The fourth-order valence-electron chi connectivity index (χ4n) is 4.02. The van der Waals surface area contributed by atoms with E-state index < -0.39 is 0 Å². The summed E-state index contributed by atoms with van der Waals surface area (Å²) >= 11 is 0. The average molecular weight is 352 g/mol. The molecule has 5 rings (SSSR count). The highest BCUT2D eigenvalue weighted by atomic mass is 16.3. The Hall–Kier alpha value is -3.33. The van der Waals surface area contributed by atoms with Gasteiger partial charge in [0, 0.05) is 34.0 Å². The monoisotopic (exact) mass is 352 g/mol. The van der Waals surface area contributed by atoms with Crippen molar-refractivity contribution in [2.45, 2.75) is 6.42 Å². The molecule has 0 atom stereocenters. The second kappa shape index (κ2) is 6.44. The summed E-state index contributed by atoms with van der Waals surface area (Å²) in [6, 6.07) is 24.6. The lowest BCUT2D eigenvalue weighted by atomic mass is 9.89. The van der Waals surface area contributed by atoms with Crippen molar-refractivity contribution < 1.29 is 5.11 Å². The summed E-state index contributed by atoms with van der Waals surface area (Å²) in [4.78, 5) is 4.95. The van der Waals surface area contributed by atoms with Gasteiger partial charge in [0.1, 0.15) is 5.75 Å². The van der Waals surface area contributed by atoms with Gasteiger partial charge in [0.25, 0.3) is 0 Å². The predicted molar refractivity (Wildman–Crippen MR) is 113 cm³/mol. The number of aromatic hydroxyl groups is 1. The summed E-state index contributed by atoms with van der Waals surface area (Å²) in [7, 11) is 0. The zero-order valence-corrected chi connectivity index (χ0v) is 14.9. The lowest BCUT2D eigenvalue weighted by Gasteiger charge is -2.23. The summed E-state index contributed by atoms with van der Waals surface area (Å²) in [6.45, 7) is 1.45. The highest BCUT2D eigenvalue weighted by molar-refractivity contribution is 6.28. The lowest BCUT2D eigenvalue weighted by molar-refractivity contribution is 0.488. The van der Waals surface area contributed by atoms with Crippen LogP contribution < -0.4 is 5.32 Å². The maximum Gasteiger partial charge on any atom is 0.131 e. The van der Waals surface area contributed by atoms with Crippen LogP contribution in [0.15, 0.2) is 77.8 Å². The third-order valence-corrected chi connectivity index (χ3v) is 5.30. The molecule has 4 aromatic carbocycles. The van der Waals surface area contributed by atoms with Crippen LogP contribution in [-0.2, 0) is 6.42 Å². The molecule has 0 bridgehead atoms. The Bertz CT molecular complexity index is 1180. The van der Waals surface area contributed by atoms with Crippen molar-refractivity contribution in [2.75, 3.05) is 18.4 Å². The number of hydrogen-bond acceptors (Lipinski definition) is 3.